The fourth-order valence-corrected chi connectivity index (χ4v) is 5.33. The summed E-state index contributed by atoms with van der Waals surface area (Å²) >= 11 is 2.66. The van der Waals surface area contributed by atoms with Crippen LogP contribution in [0.2, 0.25) is 0 Å². The lowest BCUT2D eigenvalue weighted by Crippen LogP contribution is -2.27. The molecule has 162 valence electrons. The van der Waals surface area contributed by atoms with Gasteiger partial charge in [0.15, 0.2) is 5.16 Å². The maximum atomic E-state index is 13.2. The predicted octanol–water partition coefficient (Wildman–Crippen LogP) is 6.11. The first-order valence-electron chi connectivity index (χ1n) is 10.3. The lowest BCUT2D eigenvalue weighted by atomic mass is 10.1. The van der Waals surface area contributed by atoms with Crippen LogP contribution in [0.4, 0.5) is 11.4 Å². The van der Waals surface area contributed by atoms with Crippen molar-refractivity contribution in [3.63, 3.8) is 0 Å². The van der Waals surface area contributed by atoms with Crippen LogP contribution < -0.4 is 10.5 Å². The molecule has 0 fully saturated rings. The van der Waals surface area contributed by atoms with Crippen LogP contribution in [0.3, 0.4) is 0 Å². The highest BCUT2D eigenvalue weighted by Crippen LogP contribution is 2.32. The van der Waals surface area contributed by atoms with E-state index in [0.717, 1.165) is 22.5 Å². The average molecular weight is 470 g/mol. The third kappa shape index (κ3) is 4.46. The molecule has 0 atom stereocenters. The molecular formula is C26H19N3O2S2. The number of hydrogen-bond acceptors (Lipinski definition) is 5. The van der Waals surface area contributed by atoms with Gasteiger partial charge in [-0.25, -0.2) is 4.98 Å². The van der Waals surface area contributed by atoms with Crippen molar-refractivity contribution in [3.05, 3.63) is 107 Å². The molecule has 0 aliphatic carbocycles. The van der Waals surface area contributed by atoms with E-state index in [2.05, 4.69) is 9.97 Å². The van der Waals surface area contributed by atoms with E-state index < -0.39 is 0 Å². The summed E-state index contributed by atoms with van der Waals surface area (Å²) < 4.78 is 0. The summed E-state index contributed by atoms with van der Waals surface area (Å²) in [6, 6.07) is 28.8. The number of carbonyl (C=O) groups excluding carboxylic acids is 1. The first-order valence-corrected chi connectivity index (χ1v) is 12.2. The van der Waals surface area contributed by atoms with Crippen LogP contribution >= 0.6 is 23.1 Å². The molecule has 3 aromatic carbocycles. The van der Waals surface area contributed by atoms with Crippen molar-refractivity contribution in [2.45, 2.75) is 5.16 Å². The number of aromatic amines is 1. The van der Waals surface area contributed by atoms with Crippen LogP contribution in [0.1, 0.15) is 0 Å². The minimum Gasteiger partial charge on any atom is -0.301 e. The number of amides is 1. The summed E-state index contributed by atoms with van der Waals surface area (Å²) in [4.78, 5) is 35.9. The second kappa shape index (κ2) is 9.44. The Morgan fingerprint density at radius 3 is 2.06 bits per heavy atom. The van der Waals surface area contributed by atoms with Crippen molar-refractivity contribution < 1.29 is 4.79 Å². The zero-order valence-corrected chi connectivity index (χ0v) is 19.1. The highest BCUT2D eigenvalue weighted by Gasteiger charge is 2.19. The Balaban J connectivity index is 1.41. The third-order valence-corrected chi connectivity index (χ3v) is 6.85. The van der Waals surface area contributed by atoms with Crippen molar-refractivity contribution in [2.75, 3.05) is 10.7 Å². The highest BCUT2D eigenvalue weighted by atomic mass is 32.2. The molecule has 1 amide bonds. The van der Waals surface area contributed by atoms with Gasteiger partial charge in [-0.3, -0.25) is 14.5 Å². The SMILES string of the molecule is O=C(CSc1nc2scc(-c3ccccc3)c2c(=O)[nH]1)N(c1ccccc1)c1ccccc1. The minimum atomic E-state index is -0.196. The zero-order chi connectivity index (χ0) is 22.6. The number of fused-ring (bicyclic) bond motifs is 1. The van der Waals surface area contributed by atoms with E-state index in [-0.39, 0.29) is 17.2 Å². The number of H-pyrrole nitrogens is 1. The maximum Gasteiger partial charge on any atom is 0.260 e. The van der Waals surface area contributed by atoms with Crippen LogP contribution in [0.15, 0.2) is 106 Å². The van der Waals surface area contributed by atoms with Crippen LogP contribution in [0.5, 0.6) is 0 Å². The zero-order valence-electron chi connectivity index (χ0n) is 17.5. The lowest BCUT2D eigenvalue weighted by Gasteiger charge is -2.22. The lowest BCUT2D eigenvalue weighted by molar-refractivity contribution is -0.115. The van der Waals surface area contributed by atoms with Crippen molar-refractivity contribution in [1.82, 2.24) is 9.97 Å². The maximum absolute atomic E-state index is 13.2. The standard InChI is InChI=1S/C26H19N3O2S2/c30-22(29(19-12-6-2-7-13-19)20-14-8-3-9-15-20)17-33-26-27-24(31)23-21(16-32-25(23)28-26)18-10-4-1-5-11-18/h1-16H,17H2,(H,27,28,31). The first kappa shape index (κ1) is 21.2. The molecule has 0 bridgehead atoms. The van der Waals surface area contributed by atoms with Gasteiger partial charge in [0.1, 0.15) is 4.83 Å². The molecule has 1 N–H and O–H groups in total. The molecule has 0 unspecified atom stereocenters. The van der Waals surface area contributed by atoms with E-state index in [1.807, 2.05) is 96.4 Å². The molecule has 5 nitrogen and oxygen atoms in total. The summed E-state index contributed by atoms with van der Waals surface area (Å²) in [5.41, 5.74) is 3.23. The Hall–Kier alpha value is -3.68. The van der Waals surface area contributed by atoms with Gasteiger partial charge in [-0.05, 0) is 29.8 Å². The monoisotopic (exact) mass is 469 g/mol. The van der Waals surface area contributed by atoms with Crippen LogP contribution in [0, 0.1) is 0 Å². The molecule has 0 spiro atoms. The first-order chi connectivity index (χ1) is 16.2. The van der Waals surface area contributed by atoms with E-state index in [9.17, 15) is 9.59 Å². The highest BCUT2D eigenvalue weighted by molar-refractivity contribution is 7.99. The average Bonchev–Trinajstić information content (AvgIpc) is 3.30. The minimum absolute atomic E-state index is 0.101. The van der Waals surface area contributed by atoms with E-state index >= 15 is 0 Å². The Morgan fingerprint density at radius 1 is 0.879 bits per heavy atom. The number of nitrogens with zero attached hydrogens (tertiary/aromatic N) is 2. The smallest absolute Gasteiger partial charge is 0.260 e. The molecule has 0 saturated heterocycles. The molecule has 7 heteroatoms. The molecule has 0 aliphatic heterocycles. The summed E-state index contributed by atoms with van der Waals surface area (Å²) in [7, 11) is 0. The summed E-state index contributed by atoms with van der Waals surface area (Å²) in [6.07, 6.45) is 0. The van der Waals surface area contributed by atoms with Crippen molar-refractivity contribution >= 4 is 50.6 Å². The fourth-order valence-electron chi connectivity index (χ4n) is 3.61. The van der Waals surface area contributed by atoms with Gasteiger partial charge in [-0.2, -0.15) is 0 Å². The number of carbonyl (C=O) groups is 1. The molecule has 0 radical (unpaired) electrons. The summed E-state index contributed by atoms with van der Waals surface area (Å²) in [5, 5.41) is 2.97. The molecule has 5 rings (SSSR count). The van der Waals surface area contributed by atoms with E-state index in [1.165, 1.54) is 23.1 Å². The Bertz CT molecular complexity index is 1410. The Morgan fingerprint density at radius 2 is 1.45 bits per heavy atom. The van der Waals surface area contributed by atoms with Crippen molar-refractivity contribution in [1.29, 1.82) is 0 Å². The van der Waals surface area contributed by atoms with E-state index in [0.29, 0.717) is 15.4 Å². The van der Waals surface area contributed by atoms with Gasteiger partial charge < -0.3 is 4.98 Å². The normalized spacial score (nSPS) is 10.9. The number of anilines is 2. The summed E-state index contributed by atoms with van der Waals surface area (Å²) in [5.74, 6) is 0.0334. The molecule has 2 heterocycles. The number of thioether (sulfide) groups is 1. The van der Waals surface area contributed by atoms with Gasteiger partial charge in [-0.1, -0.05) is 78.5 Å². The topological polar surface area (TPSA) is 66.1 Å². The van der Waals surface area contributed by atoms with Gasteiger partial charge >= 0.3 is 0 Å². The van der Waals surface area contributed by atoms with Gasteiger partial charge in [0.05, 0.1) is 11.1 Å². The molecule has 33 heavy (non-hydrogen) atoms. The van der Waals surface area contributed by atoms with Crippen LogP contribution in [0.25, 0.3) is 21.3 Å². The van der Waals surface area contributed by atoms with E-state index in [1.54, 1.807) is 4.90 Å². The molecule has 2 aromatic heterocycles. The van der Waals surface area contributed by atoms with Gasteiger partial charge in [0.25, 0.3) is 5.56 Å². The number of para-hydroxylation sites is 2. The second-order valence-electron chi connectivity index (χ2n) is 7.26. The molecule has 0 aliphatic rings. The number of hydrogen-bond donors (Lipinski definition) is 1. The van der Waals surface area contributed by atoms with Crippen molar-refractivity contribution in [3.8, 4) is 11.1 Å². The Kier molecular flexibility index (Phi) is 6.06. The van der Waals surface area contributed by atoms with Crippen LogP contribution in [-0.2, 0) is 4.79 Å². The third-order valence-electron chi connectivity index (χ3n) is 5.12. The molecule has 0 saturated carbocycles. The molecule has 5 aromatic rings. The number of nitrogens with one attached hydrogen (secondary N) is 1. The van der Waals surface area contributed by atoms with Gasteiger partial charge in [0.2, 0.25) is 5.91 Å². The Labute approximate surface area is 198 Å². The number of benzene rings is 3. The fraction of sp³-hybridized carbons (Fsp3) is 0.0385. The van der Waals surface area contributed by atoms with Crippen LogP contribution in [-0.4, -0.2) is 21.6 Å². The predicted molar refractivity (Wildman–Crippen MR) is 136 cm³/mol. The second-order valence-corrected chi connectivity index (χ2v) is 9.08. The van der Waals surface area contributed by atoms with Gasteiger partial charge in [-0.15, -0.1) is 11.3 Å². The number of rotatable bonds is 6. The number of thiophene rings is 1. The van der Waals surface area contributed by atoms with Gasteiger partial charge in [0, 0.05) is 22.3 Å². The largest absolute Gasteiger partial charge is 0.301 e. The summed E-state index contributed by atoms with van der Waals surface area (Å²) in [6.45, 7) is 0. The molecular weight excluding hydrogens is 450 g/mol. The van der Waals surface area contributed by atoms with E-state index in [4.69, 9.17) is 0 Å². The van der Waals surface area contributed by atoms with Crippen molar-refractivity contribution in [2.24, 2.45) is 0 Å². The quantitative estimate of drug-likeness (QED) is 0.241. The number of aromatic nitrogens is 2.